The van der Waals surface area contributed by atoms with Crippen LogP contribution in [0.1, 0.15) is 89.1 Å². The molecule has 0 radical (unpaired) electrons. The summed E-state index contributed by atoms with van der Waals surface area (Å²) in [5.41, 5.74) is -2.71. The maximum absolute atomic E-state index is 15.7. The summed E-state index contributed by atoms with van der Waals surface area (Å²) in [6.07, 6.45) is 4.57. The molecule has 2 saturated heterocycles. The number of carbonyl (C=O) groups is 4. The van der Waals surface area contributed by atoms with E-state index in [2.05, 4.69) is 32.2 Å². The number of methoxy groups -OCH3 is 3. The first-order chi connectivity index (χ1) is 36.4. The summed E-state index contributed by atoms with van der Waals surface area (Å²) < 4.78 is 53.7. The van der Waals surface area contributed by atoms with E-state index in [-0.39, 0.29) is 56.5 Å². The van der Waals surface area contributed by atoms with E-state index >= 15 is 4.79 Å². The fourth-order valence-corrected chi connectivity index (χ4v) is 17.1. The Kier molecular flexibility index (Phi) is 16.1. The number of H-pyrrole nitrogens is 1. The highest BCUT2D eigenvalue weighted by Crippen LogP contribution is 2.69. The van der Waals surface area contributed by atoms with Crippen molar-refractivity contribution >= 4 is 59.9 Å². The third-order valence-corrected chi connectivity index (χ3v) is 20.4. The van der Waals surface area contributed by atoms with Crippen LogP contribution in [-0.4, -0.2) is 177 Å². The number of hydrogen-bond donors (Lipinski definition) is 4. The number of nitrogens with one attached hydrogen (secondary N) is 2. The molecule has 10 atom stereocenters. The van der Waals surface area contributed by atoms with Crippen LogP contribution in [-0.2, 0) is 64.2 Å². The van der Waals surface area contributed by atoms with Crippen LogP contribution < -0.4 is 15.0 Å². The predicted molar refractivity (Wildman–Crippen MR) is 287 cm³/mol. The summed E-state index contributed by atoms with van der Waals surface area (Å²) >= 11 is 1.40. The number of ether oxygens (including phenoxy) is 5. The predicted octanol–water partition coefficient (Wildman–Crippen LogP) is 6.04. The Labute approximate surface area is 449 Å². The molecule has 21 heteroatoms. The third kappa shape index (κ3) is 9.13. The van der Waals surface area contributed by atoms with Crippen LogP contribution in [0, 0.1) is 11.3 Å². The molecule has 76 heavy (non-hydrogen) atoms. The van der Waals surface area contributed by atoms with Crippen molar-refractivity contribution in [2.24, 2.45) is 11.3 Å². The summed E-state index contributed by atoms with van der Waals surface area (Å²) in [5.74, 6) is -1.51. The smallest absolute Gasteiger partial charge is 0.407 e. The molecule has 1 saturated carbocycles. The van der Waals surface area contributed by atoms with Crippen molar-refractivity contribution in [3.8, 4) is 5.75 Å². The van der Waals surface area contributed by atoms with Gasteiger partial charge < -0.3 is 58.1 Å². The van der Waals surface area contributed by atoms with Gasteiger partial charge in [0.15, 0.2) is 6.10 Å². The zero-order chi connectivity index (χ0) is 54.4. The summed E-state index contributed by atoms with van der Waals surface area (Å²) in [6, 6.07) is 10.5. The van der Waals surface area contributed by atoms with Gasteiger partial charge in [0.25, 0.3) is 0 Å². The van der Waals surface area contributed by atoms with E-state index in [4.69, 9.17) is 32.7 Å². The third-order valence-electron chi connectivity index (χ3n) is 17.5. The van der Waals surface area contributed by atoms with Gasteiger partial charge in [-0.3, -0.25) is 24.0 Å². The van der Waals surface area contributed by atoms with Crippen LogP contribution >= 0.6 is 19.4 Å². The molecule has 416 valence electrons. The molecule has 6 heterocycles. The molecular weight excluding hydrogens is 1020 g/mol. The van der Waals surface area contributed by atoms with E-state index in [1.54, 1.807) is 21.0 Å². The number of carbonyl (C=O) groups excluding carboxylic acids is 4. The molecule has 2 aromatic carbocycles. The Balaban J connectivity index is 1.21. The van der Waals surface area contributed by atoms with E-state index in [1.807, 2.05) is 55.2 Å². The molecule has 1 aliphatic carbocycles. The molecule has 1 unspecified atom stereocenters. The molecule has 9 rings (SSSR count). The Morgan fingerprint density at radius 3 is 2.37 bits per heavy atom. The summed E-state index contributed by atoms with van der Waals surface area (Å²) in [5, 5.41) is 29.7. The van der Waals surface area contributed by atoms with Crippen molar-refractivity contribution in [1.29, 1.82) is 0 Å². The number of para-hydroxylation sites is 1. The van der Waals surface area contributed by atoms with Crippen LogP contribution in [0.5, 0.6) is 5.75 Å². The van der Waals surface area contributed by atoms with Gasteiger partial charge in [0, 0.05) is 96.2 Å². The van der Waals surface area contributed by atoms with Crippen molar-refractivity contribution in [2.75, 3.05) is 103 Å². The second-order valence-electron chi connectivity index (χ2n) is 21.3. The minimum absolute atomic E-state index is 0.00253. The molecule has 1 spiro atoms. The Morgan fingerprint density at radius 2 is 1.68 bits per heavy atom. The fourth-order valence-electron chi connectivity index (χ4n) is 14.7. The van der Waals surface area contributed by atoms with E-state index in [0.717, 1.165) is 22.0 Å². The Bertz CT molecular complexity index is 2770. The highest BCUT2D eigenvalue weighted by Gasteiger charge is 2.81. The maximum atomic E-state index is 15.7. The van der Waals surface area contributed by atoms with E-state index in [1.165, 1.54) is 32.9 Å². The number of alkyl carbamates (subject to hydrolysis) is 1. The first-order valence-electron chi connectivity index (χ1n) is 26.8. The first kappa shape index (κ1) is 56.1. The molecule has 4 N–H and O–H groups in total. The SMILES string of the molecule is CCOP(=O)(CCNC(=O)OCCSCN1c2cc(OC)c([C@@]3(C(=O)OC)C[C@H]4CN(CCc5c3[nH]c3ccccc53)C[C@](O)(CC)C4)cc2[C@@]23CCN4CC=C[C@@](CC)([C@@H](OC(C)=O)[C@](O)(C(=O)OC)[C@H]12)[C@H]43)OCC. The summed E-state index contributed by atoms with van der Waals surface area (Å²) in [6.45, 7) is 12.0. The Morgan fingerprint density at radius 1 is 0.934 bits per heavy atom. The molecule has 2 bridgehead atoms. The van der Waals surface area contributed by atoms with Crippen LogP contribution in [0.15, 0.2) is 48.6 Å². The number of aliphatic hydroxyl groups is 2. The second-order valence-corrected chi connectivity index (χ2v) is 24.6. The molecule has 1 aromatic heterocycles. The molecule has 19 nitrogen and oxygen atoms in total. The van der Waals surface area contributed by atoms with Gasteiger partial charge in [-0.1, -0.05) is 44.2 Å². The lowest BCUT2D eigenvalue weighted by Gasteiger charge is -2.63. The van der Waals surface area contributed by atoms with Crippen molar-refractivity contribution in [3.63, 3.8) is 0 Å². The van der Waals surface area contributed by atoms with Crippen LogP contribution in [0.2, 0.25) is 0 Å². The number of rotatable bonds is 19. The Hall–Kier alpha value is -4.66. The molecular formula is C55H76N5O14PS. The molecule has 5 aliphatic heterocycles. The minimum atomic E-state index is -3.39. The largest absolute Gasteiger partial charge is 0.496 e. The summed E-state index contributed by atoms with van der Waals surface area (Å²) in [7, 11) is 0.800. The van der Waals surface area contributed by atoms with Gasteiger partial charge in [-0.05, 0) is 88.1 Å². The highest BCUT2D eigenvalue weighted by atomic mass is 32.2. The average molecular weight is 1090 g/mol. The van der Waals surface area contributed by atoms with Gasteiger partial charge in [-0.25, -0.2) is 9.59 Å². The van der Waals surface area contributed by atoms with Crippen molar-refractivity contribution in [2.45, 2.75) is 113 Å². The summed E-state index contributed by atoms with van der Waals surface area (Å²) in [4.78, 5) is 67.4. The number of hydrogen-bond acceptors (Lipinski definition) is 18. The molecule has 6 aliphatic rings. The van der Waals surface area contributed by atoms with Crippen LogP contribution in [0.4, 0.5) is 10.5 Å². The van der Waals surface area contributed by atoms with Crippen molar-refractivity contribution in [3.05, 3.63) is 70.9 Å². The van der Waals surface area contributed by atoms with Crippen molar-refractivity contribution in [1.82, 2.24) is 20.1 Å². The van der Waals surface area contributed by atoms with Gasteiger partial charge in [0.05, 0.1) is 58.2 Å². The number of aromatic nitrogens is 1. The maximum Gasteiger partial charge on any atom is 0.407 e. The topological polar surface area (TPSA) is 228 Å². The molecule has 1 amide bonds. The van der Waals surface area contributed by atoms with Crippen molar-refractivity contribution < 1.29 is 66.7 Å². The monoisotopic (exact) mass is 1090 g/mol. The number of amides is 1. The number of aromatic amines is 1. The zero-order valence-corrected chi connectivity index (χ0v) is 46.9. The van der Waals surface area contributed by atoms with Gasteiger partial charge in [-0.2, -0.15) is 0 Å². The lowest BCUT2D eigenvalue weighted by molar-refractivity contribution is -0.228. The fraction of sp³-hybridized carbons (Fsp3) is 0.636. The van der Waals surface area contributed by atoms with E-state index in [9.17, 15) is 29.2 Å². The molecule has 3 aromatic rings. The molecule has 3 fully saturated rings. The standard InChI is InChI=1S/C55H76N5O14PS/c1-9-51(65)30-36-31-54(48(62)69-7,44-38(18-23-58(32-36)33-51)37-16-13-14-17-41(37)57-44)40-28-39-42(29-43(40)68-6)60(34-76-27-25-71-50(64)56-21-26-75(67,72-11-3)73-12-4)46-53(39)20-24-59-22-15-19-52(10-2,45(53)59)47(74-35(5)61)55(46,66)49(63)70-8/h13-17,19,28-29,36,45-47,57,65-66H,9-12,18,20-27,30-34H2,1-8H3,(H,56,64)/t36-,45-,46+,47+,51-,52+,53+,54-,55-/m0/s1. The number of benzene rings is 2. The quantitative estimate of drug-likeness (QED) is 0.0353. The number of piperidine rings is 1. The average Bonchev–Trinajstić information content (AvgIpc) is 4.28. The van der Waals surface area contributed by atoms with Crippen LogP contribution in [0.25, 0.3) is 10.9 Å². The van der Waals surface area contributed by atoms with Crippen LogP contribution in [0.3, 0.4) is 0 Å². The first-order valence-corrected chi connectivity index (χ1v) is 29.7. The van der Waals surface area contributed by atoms with E-state index in [0.29, 0.717) is 87.5 Å². The number of esters is 3. The minimum Gasteiger partial charge on any atom is -0.496 e. The van der Waals surface area contributed by atoms with E-state index < -0.39 is 77.2 Å². The lowest BCUT2D eigenvalue weighted by Crippen LogP contribution is -2.81. The number of fused-ring (bicyclic) bond motifs is 6. The number of thioether (sulfide) groups is 1. The lowest BCUT2D eigenvalue weighted by atomic mass is 9.47. The van der Waals surface area contributed by atoms with Gasteiger partial charge in [-0.15, -0.1) is 11.8 Å². The van der Waals surface area contributed by atoms with Gasteiger partial charge in [0.1, 0.15) is 17.8 Å². The van der Waals surface area contributed by atoms with Gasteiger partial charge >= 0.3 is 31.6 Å². The highest BCUT2D eigenvalue weighted by molar-refractivity contribution is 7.99. The second kappa shape index (κ2) is 21.9. The zero-order valence-electron chi connectivity index (χ0n) is 45.1. The normalized spacial score (nSPS) is 31.4. The number of nitrogens with zero attached hydrogens (tertiary/aromatic N) is 3. The van der Waals surface area contributed by atoms with Gasteiger partial charge in [0.2, 0.25) is 5.60 Å². The number of anilines is 1.